The van der Waals surface area contributed by atoms with Crippen molar-refractivity contribution in [3.05, 3.63) is 63.7 Å². The Hall–Kier alpha value is -3.42. The van der Waals surface area contributed by atoms with E-state index < -0.39 is 23.4 Å². The quantitative estimate of drug-likeness (QED) is 0.375. The Morgan fingerprint density at radius 3 is 2.67 bits per heavy atom. The normalized spacial score (nSPS) is 10.0. The van der Waals surface area contributed by atoms with Crippen molar-refractivity contribution in [2.24, 2.45) is 0 Å². The van der Waals surface area contributed by atoms with Crippen molar-refractivity contribution in [1.29, 1.82) is 0 Å². The number of hydrogen-bond donors (Lipinski definition) is 2. The van der Waals surface area contributed by atoms with Crippen LogP contribution < -0.4 is 11.1 Å². The largest absolute Gasteiger partial charge is 0.452 e. The Kier molecular flexibility index (Phi) is 5.10. The van der Waals surface area contributed by atoms with E-state index in [9.17, 15) is 19.7 Å². The van der Waals surface area contributed by atoms with Crippen LogP contribution in [0.1, 0.15) is 15.9 Å². The molecule has 8 heteroatoms. The summed E-state index contributed by atoms with van der Waals surface area (Å²) in [5.74, 6) is -1.29. The minimum absolute atomic E-state index is 0.146. The Morgan fingerprint density at radius 1 is 1.25 bits per heavy atom. The van der Waals surface area contributed by atoms with Crippen LogP contribution in [0.2, 0.25) is 0 Å². The summed E-state index contributed by atoms with van der Waals surface area (Å²) in [6, 6.07) is 10.3. The Balaban J connectivity index is 1.97. The van der Waals surface area contributed by atoms with E-state index in [-0.39, 0.29) is 16.9 Å². The number of non-ortho nitro benzene ring substituents is 1. The van der Waals surface area contributed by atoms with Crippen LogP contribution >= 0.6 is 0 Å². The second-order valence-corrected chi connectivity index (χ2v) is 5.01. The molecule has 24 heavy (non-hydrogen) atoms. The van der Waals surface area contributed by atoms with Gasteiger partial charge in [-0.2, -0.15) is 0 Å². The number of nitrogens with two attached hydrogens (primary N) is 1. The third kappa shape index (κ3) is 4.29. The molecule has 0 fully saturated rings. The number of benzene rings is 2. The van der Waals surface area contributed by atoms with Gasteiger partial charge in [-0.15, -0.1) is 0 Å². The number of nitrogen functional groups attached to an aromatic ring is 1. The second-order valence-electron chi connectivity index (χ2n) is 5.01. The van der Waals surface area contributed by atoms with E-state index in [2.05, 4.69) is 5.32 Å². The number of esters is 1. The van der Waals surface area contributed by atoms with E-state index in [0.717, 1.165) is 0 Å². The first kappa shape index (κ1) is 16.9. The van der Waals surface area contributed by atoms with Crippen LogP contribution in [0.25, 0.3) is 0 Å². The molecule has 8 nitrogen and oxygen atoms in total. The highest BCUT2D eigenvalue weighted by Crippen LogP contribution is 2.21. The van der Waals surface area contributed by atoms with Gasteiger partial charge in [-0.3, -0.25) is 14.9 Å². The maximum absolute atomic E-state index is 11.9. The van der Waals surface area contributed by atoms with E-state index in [1.807, 2.05) is 0 Å². The van der Waals surface area contributed by atoms with Crippen LogP contribution in [0.15, 0.2) is 42.5 Å². The number of nitro benzene ring substituents is 1. The first-order chi connectivity index (χ1) is 11.4. The summed E-state index contributed by atoms with van der Waals surface area (Å²) in [4.78, 5) is 33.9. The number of anilines is 2. The molecule has 2 aromatic carbocycles. The van der Waals surface area contributed by atoms with E-state index in [4.69, 9.17) is 10.5 Å². The fourth-order valence-corrected chi connectivity index (χ4v) is 1.92. The highest BCUT2D eigenvalue weighted by molar-refractivity contribution is 5.96. The van der Waals surface area contributed by atoms with Crippen molar-refractivity contribution in [3.63, 3.8) is 0 Å². The summed E-state index contributed by atoms with van der Waals surface area (Å²) in [5, 5.41) is 13.2. The third-order valence-corrected chi connectivity index (χ3v) is 3.16. The SMILES string of the molecule is Cc1ccc([N+](=O)[O-])cc1NC(=O)COC(=O)c1cccc(N)c1. The minimum atomic E-state index is -0.687. The lowest BCUT2D eigenvalue weighted by molar-refractivity contribution is -0.384. The molecule has 0 heterocycles. The smallest absolute Gasteiger partial charge is 0.338 e. The van der Waals surface area contributed by atoms with Gasteiger partial charge in [0.25, 0.3) is 11.6 Å². The number of nitrogens with zero attached hydrogens (tertiary/aromatic N) is 1. The molecule has 0 unspecified atom stereocenters. The van der Waals surface area contributed by atoms with Crippen molar-refractivity contribution in [2.75, 3.05) is 17.7 Å². The highest BCUT2D eigenvalue weighted by atomic mass is 16.6. The third-order valence-electron chi connectivity index (χ3n) is 3.16. The second kappa shape index (κ2) is 7.23. The van der Waals surface area contributed by atoms with E-state index in [1.54, 1.807) is 19.1 Å². The molecular weight excluding hydrogens is 314 g/mol. The summed E-state index contributed by atoms with van der Waals surface area (Å²) in [5.41, 5.74) is 6.99. The zero-order valence-corrected chi connectivity index (χ0v) is 12.8. The number of hydrogen-bond acceptors (Lipinski definition) is 6. The Labute approximate surface area is 137 Å². The monoisotopic (exact) mass is 329 g/mol. The maximum Gasteiger partial charge on any atom is 0.338 e. The van der Waals surface area contributed by atoms with Crippen molar-refractivity contribution in [1.82, 2.24) is 0 Å². The van der Waals surface area contributed by atoms with Crippen molar-refractivity contribution >= 4 is 28.9 Å². The van der Waals surface area contributed by atoms with Crippen LogP contribution in [-0.4, -0.2) is 23.4 Å². The van der Waals surface area contributed by atoms with Crippen molar-refractivity contribution in [2.45, 2.75) is 6.92 Å². The van der Waals surface area contributed by atoms with Crippen LogP contribution in [0.5, 0.6) is 0 Å². The topological polar surface area (TPSA) is 125 Å². The molecule has 1 amide bonds. The van der Waals surface area contributed by atoms with E-state index in [0.29, 0.717) is 11.3 Å². The van der Waals surface area contributed by atoms with Gasteiger partial charge in [-0.05, 0) is 30.7 Å². The number of rotatable bonds is 5. The number of aryl methyl sites for hydroxylation is 1. The van der Waals surface area contributed by atoms with Crippen LogP contribution in [0, 0.1) is 17.0 Å². The van der Waals surface area contributed by atoms with Crippen molar-refractivity contribution < 1.29 is 19.2 Å². The van der Waals surface area contributed by atoms with E-state index in [1.165, 1.54) is 30.3 Å². The van der Waals surface area contributed by atoms with Crippen LogP contribution in [0.3, 0.4) is 0 Å². The Bertz CT molecular complexity index is 804. The number of nitro groups is 1. The highest BCUT2D eigenvalue weighted by Gasteiger charge is 2.13. The van der Waals surface area contributed by atoms with Gasteiger partial charge in [0, 0.05) is 17.8 Å². The molecule has 0 radical (unpaired) electrons. The molecule has 0 saturated carbocycles. The average Bonchev–Trinajstić information content (AvgIpc) is 2.54. The molecule has 2 aromatic rings. The lowest BCUT2D eigenvalue weighted by atomic mass is 10.2. The summed E-state index contributed by atoms with van der Waals surface area (Å²) < 4.78 is 4.89. The lowest BCUT2D eigenvalue weighted by Crippen LogP contribution is -2.21. The molecule has 0 aliphatic carbocycles. The van der Waals surface area contributed by atoms with Gasteiger partial charge in [0.1, 0.15) is 0 Å². The molecule has 0 aromatic heterocycles. The summed E-state index contributed by atoms with van der Waals surface area (Å²) in [6.07, 6.45) is 0. The van der Waals surface area contributed by atoms with Crippen LogP contribution in [-0.2, 0) is 9.53 Å². The number of amides is 1. The Morgan fingerprint density at radius 2 is 2.00 bits per heavy atom. The van der Waals surface area contributed by atoms with Gasteiger partial charge >= 0.3 is 5.97 Å². The number of ether oxygens (including phenoxy) is 1. The number of nitrogens with one attached hydrogen (secondary N) is 1. The zero-order chi connectivity index (χ0) is 17.7. The first-order valence-corrected chi connectivity index (χ1v) is 6.94. The molecule has 0 atom stereocenters. The summed E-state index contributed by atoms with van der Waals surface area (Å²) >= 11 is 0. The maximum atomic E-state index is 11.9. The predicted molar refractivity (Wildman–Crippen MR) is 87.6 cm³/mol. The molecule has 124 valence electrons. The van der Waals surface area contributed by atoms with Gasteiger partial charge in [-0.1, -0.05) is 12.1 Å². The van der Waals surface area contributed by atoms with Gasteiger partial charge in [0.15, 0.2) is 6.61 Å². The van der Waals surface area contributed by atoms with E-state index >= 15 is 0 Å². The summed E-state index contributed by atoms with van der Waals surface area (Å²) in [7, 11) is 0. The molecular formula is C16H15N3O5. The minimum Gasteiger partial charge on any atom is -0.452 e. The van der Waals surface area contributed by atoms with Gasteiger partial charge < -0.3 is 15.8 Å². The first-order valence-electron chi connectivity index (χ1n) is 6.94. The average molecular weight is 329 g/mol. The zero-order valence-electron chi connectivity index (χ0n) is 12.8. The molecule has 3 N–H and O–H groups in total. The molecule has 0 bridgehead atoms. The molecule has 0 aliphatic rings. The molecule has 0 saturated heterocycles. The molecule has 0 aliphatic heterocycles. The van der Waals surface area contributed by atoms with Crippen LogP contribution in [0.4, 0.5) is 17.1 Å². The fourth-order valence-electron chi connectivity index (χ4n) is 1.92. The van der Waals surface area contributed by atoms with Gasteiger partial charge in [-0.25, -0.2) is 4.79 Å². The predicted octanol–water partition coefficient (Wildman–Crippen LogP) is 2.28. The fraction of sp³-hybridized carbons (Fsp3) is 0.125. The number of carbonyl (C=O) groups excluding carboxylic acids is 2. The van der Waals surface area contributed by atoms with Crippen molar-refractivity contribution in [3.8, 4) is 0 Å². The summed E-state index contributed by atoms with van der Waals surface area (Å²) in [6.45, 7) is 1.17. The molecule has 2 rings (SSSR count). The van der Waals surface area contributed by atoms with Gasteiger partial charge in [0.05, 0.1) is 16.2 Å². The lowest BCUT2D eigenvalue weighted by Gasteiger charge is -2.09. The van der Waals surface area contributed by atoms with Gasteiger partial charge in [0.2, 0.25) is 0 Å². The standard InChI is InChI=1S/C16H15N3O5/c1-10-5-6-13(19(22)23)8-14(10)18-15(20)9-24-16(21)11-3-2-4-12(17)7-11/h2-8H,9,17H2,1H3,(H,18,20). The molecule has 0 spiro atoms. The number of carbonyl (C=O) groups is 2.